The first-order valence-electron chi connectivity index (χ1n) is 11.4. The van der Waals surface area contributed by atoms with Gasteiger partial charge in [-0.25, -0.2) is 8.78 Å². The highest BCUT2D eigenvalue weighted by atomic mass is 32.1. The van der Waals surface area contributed by atoms with Crippen molar-refractivity contribution in [3.8, 4) is 17.0 Å². The molecule has 0 aliphatic heterocycles. The molecule has 5 N–H and O–H groups in total. The number of carbonyl (C=O) groups is 3. The van der Waals surface area contributed by atoms with Gasteiger partial charge in [-0.05, 0) is 55.8 Å². The Morgan fingerprint density at radius 2 is 1.85 bits per heavy atom. The topological polar surface area (TPSA) is 144 Å². The number of primary amides is 1. The predicted molar refractivity (Wildman–Crippen MR) is 136 cm³/mol. The predicted octanol–water partition coefficient (Wildman–Crippen LogP) is 3.38. The van der Waals surface area contributed by atoms with Crippen molar-refractivity contribution in [2.75, 3.05) is 20.2 Å². The zero-order valence-corrected chi connectivity index (χ0v) is 21.9. The number of hydrogen-bond donors (Lipinski definition) is 4. The number of likely N-dealkylation sites (N-methyl/N-ethyl adjacent to an activating group) is 1. The minimum atomic E-state index is -4.61. The average molecular weight is 589 g/mol. The monoisotopic (exact) mass is 588 g/mol. The highest BCUT2D eigenvalue weighted by Gasteiger charge is 2.28. The molecule has 0 bridgehead atoms. The number of aliphatic hydroxyl groups is 1. The number of hydrogen-bond acceptors (Lipinski definition) is 8. The normalized spacial score (nSPS) is 12.5. The van der Waals surface area contributed by atoms with Gasteiger partial charge in [-0.1, -0.05) is 6.07 Å². The molecule has 1 heterocycles. The summed E-state index contributed by atoms with van der Waals surface area (Å²) in [6.07, 6.45) is -4.79. The number of amides is 2. The van der Waals surface area contributed by atoms with Crippen LogP contribution >= 0.6 is 11.5 Å². The van der Waals surface area contributed by atoms with Crippen molar-refractivity contribution >= 4 is 29.6 Å². The van der Waals surface area contributed by atoms with Crippen molar-refractivity contribution in [3.63, 3.8) is 0 Å². The van der Waals surface area contributed by atoms with Crippen LogP contribution in [0.1, 0.15) is 38.6 Å². The van der Waals surface area contributed by atoms with Gasteiger partial charge in [-0.2, -0.15) is 17.5 Å². The van der Waals surface area contributed by atoms with E-state index in [-0.39, 0.29) is 17.9 Å². The number of ether oxygens (including phenoxy) is 1. The molecular formula is C25H25F5N4O5S. The number of halogens is 5. The Balaban J connectivity index is 0.000000611. The van der Waals surface area contributed by atoms with Crippen LogP contribution in [0.3, 0.4) is 0 Å². The molecule has 1 aromatic heterocycles. The molecule has 0 fully saturated rings. The second kappa shape index (κ2) is 14.4. The van der Waals surface area contributed by atoms with Gasteiger partial charge in [0.25, 0.3) is 5.91 Å². The van der Waals surface area contributed by atoms with E-state index in [2.05, 4.69) is 9.69 Å². The summed E-state index contributed by atoms with van der Waals surface area (Å²) in [5.41, 5.74) is 5.10. The number of nitrogens with zero attached hydrogens (tertiary/aromatic N) is 1. The standard InChI is InChI=1S/C21H15F5N2O3S.C4H10N2O2/c1-11(19-8-18(28-32-19)12-2-3-13(9-29)16(22)6-12)31-14-4-5-15(17(23)7-14)20(30)27-10-21(24,25)26;1-6-3(2-7)4(5)8/h2-9,11H,10H2,1H3,(H,27,30);3,6-7H,2H2,1H3,(H2,5,8). The van der Waals surface area contributed by atoms with E-state index in [0.29, 0.717) is 22.4 Å². The molecule has 2 unspecified atom stereocenters. The van der Waals surface area contributed by atoms with E-state index < -0.39 is 53.9 Å². The van der Waals surface area contributed by atoms with Crippen LogP contribution < -0.4 is 21.1 Å². The summed E-state index contributed by atoms with van der Waals surface area (Å²) >= 11 is 1.08. The number of rotatable bonds is 10. The Labute approximate surface area is 229 Å². The molecule has 0 spiro atoms. The van der Waals surface area contributed by atoms with Crippen molar-refractivity contribution in [1.29, 1.82) is 0 Å². The van der Waals surface area contributed by atoms with E-state index in [9.17, 15) is 36.3 Å². The zero-order valence-electron chi connectivity index (χ0n) is 21.1. The molecule has 0 radical (unpaired) electrons. The van der Waals surface area contributed by atoms with Crippen molar-refractivity contribution in [2.24, 2.45) is 5.73 Å². The molecule has 2 atom stereocenters. The van der Waals surface area contributed by atoms with Crippen LogP contribution in [-0.4, -0.2) is 60.0 Å². The lowest BCUT2D eigenvalue weighted by Crippen LogP contribution is -2.41. The number of nitrogens with one attached hydrogen (secondary N) is 2. The third kappa shape index (κ3) is 9.36. The zero-order chi connectivity index (χ0) is 30.0. The minimum absolute atomic E-state index is 0.0544. The van der Waals surface area contributed by atoms with Gasteiger partial charge in [-0.15, -0.1) is 0 Å². The quantitative estimate of drug-likeness (QED) is 0.210. The maximum atomic E-state index is 14.2. The Bertz CT molecular complexity index is 1330. The number of aliphatic hydroxyl groups excluding tert-OH is 1. The van der Waals surface area contributed by atoms with Gasteiger partial charge in [0, 0.05) is 11.6 Å². The summed E-state index contributed by atoms with van der Waals surface area (Å²) in [5, 5.41) is 12.5. The van der Waals surface area contributed by atoms with Crippen LogP contribution in [0.5, 0.6) is 5.75 Å². The van der Waals surface area contributed by atoms with Crippen LogP contribution in [0.25, 0.3) is 11.3 Å². The molecular weight excluding hydrogens is 563 g/mol. The second-order valence-corrected chi connectivity index (χ2v) is 8.93. The van der Waals surface area contributed by atoms with Gasteiger partial charge >= 0.3 is 6.18 Å². The van der Waals surface area contributed by atoms with Gasteiger partial charge in [0.1, 0.15) is 36.1 Å². The third-order valence-electron chi connectivity index (χ3n) is 5.17. The van der Waals surface area contributed by atoms with Gasteiger partial charge in [0.2, 0.25) is 5.91 Å². The van der Waals surface area contributed by atoms with Crippen molar-refractivity contribution in [2.45, 2.75) is 25.2 Å². The largest absolute Gasteiger partial charge is 0.485 e. The van der Waals surface area contributed by atoms with E-state index in [4.69, 9.17) is 15.6 Å². The van der Waals surface area contributed by atoms with E-state index >= 15 is 0 Å². The van der Waals surface area contributed by atoms with Crippen molar-refractivity contribution in [1.82, 2.24) is 15.0 Å². The summed E-state index contributed by atoms with van der Waals surface area (Å²) in [6, 6.07) is 8.31. The van der Waals surface area contributed by atoms with E-state index in [1.54, 1.807) is 31.4 Å². The molecule has 0 saturated heterocycles. The van der Waals surface area contributed by atoms with Crippen LogP contribution in [0.2, 0.25) is 0 Å². The van der Waals surface area contributed by atoms with Crippen LogP contribution in [0, 0.1) is 11.6 Å². The van der Waals surface area contributed by atoms with E-state index in [1.165, 1.54) is 18.2 Å². The summed E-state index contributed by atoms with van der Waals surface area (Å²) < 4.78 is 74.5. The summed E-state index contributed by atoms with van der Waals surface area (Å²) in [6.45, 7) is -0.156. The SMILES string of the molecule is CC(Oc1ccc(C(=O)NCC(F)(F)F)c(F)c1)c1cc(-c2ccc(C=O)c(F)c2)ns1.CNC(CO)C(N)=O. The fourth-order valence-corrected chi connectivity index (χ4v) is 3.74. The number of aldehydes is 1. The first kappa shape index (κ1) is 32.3. The molecule has 0 aliphatic rings. The van der Waals surface area contributed by atoms with Crippen LogP contribution in [-0.2, 0) is 4.79 Å². The molecule has 0 aliphatic carbocycles. The van der Waals surface area contributed by atoms with Gasteiger partial charge in [0.05, 0.1) is 28.3 Å². The molecule has 0 saturated carbocycles. The number of carbonyl (C=O) groups excluding carboxylic acids is 3. The number of benzene rings is 2. The lowest BCUT2D eigenvalue weighted by atomic mass is 10.1. The number of aromatic nitrogens is 1. The van der Waals surface area contributed by atoms with Gasteiger partial charge in [0.15, 0.2) is 6.29 Å². The highest BCUT2D eigenvalue weighted by molar-refractivity contribution is 7.06. The maximum Gasteiger partial charge on any atom is 0.405 e. The average Bonchev–Trinajstić information content (AvgIpc) is 3.38. The fraction of sp³-hybridized carbons (Fsp3) is 0.280. The number of alkyl halides is 3. The molecule has 2 aromatic carbocycles. The summed E-state index contributed by atoms with van der Waals surface area (Å²) in [7, 11) is 1.56. The fourth-order valence-electron chi connectivity index (χ4n) is 3.01. The molecule has 2 amide bonds. The van der Waals surface area contributed by atoms with E-state index in [1.807, 2.05) is 0 Å². The first-order valence-corrected chi connectivity index (χ1v) is 12.2. The third-order valence-corrected chi connectivity index (χ3v) is 6.12. The Morgan fingerprint density at radius 1 is 1.15 bits per heavy atom. The van der Waals surface area contributed by atoms with Crippen molar-refractivity contribution < 1.29 is 46.2 Å². The van der Waals surface area contributed by atoms with E-state index in [0.717, 1.165) is 23.7 Å². The van der Waals surface area contributed by atoms with Crippen LogP contribution in [0.4, 0.5) is 22.0 Å². The van der Waals surface area contributed by atoms with Gasteiger partial charge in [-0.3, -0.25) is 14.4 Å². The van der Waals surface area contributed by atoms with Gasteiger partial charge < -0.3 is 26.2 Å². The molecule has 3 aromatic rings. The molecule has 3 rings (SSSR count). The lowest BCUT2D eigenvalue weighted by molar-refractivity contribution is -0.123. The first-order chi connectivity index (χ1) is 18.8. The lowest BCUT2D eigenvalue weighted by Gasteiger charge is -2.14. The summed E-state index contributed by atoms with van der Waals surface area (Å²) in [4.78, 5) is 33.3. The van der Waals surface area contributed by atoms with Crippen molar-refractivity contribution in [3.05, 3.63) is 70.1 Å². The maximum absolute atomic E-state index is 14.2. The Morgan fingerprint density at radius 3 is 2.35 bits per heavy atom. The Hall–Kier alpha value is -3.95. The summed E-state index contributed by atoms with van der Waals surface area (Å²) in [5.74, 6) is -3.38. The van der Waals surface area contributed by atoms with Crippen LogP contribution in [0.15, 0.2) is 42.5 Å². The second-order valence-electron chi connectivity index (χ2n) is 8.09. The molecule has 216 valence electrons. The molecule has 9 nitrogen and oxygen atoms in total. The smallest absolute Gasteiger partial charge is 0.405 e. The highest BCUT2D eigenvalue weighted by Crippen LogP contribution is 2.30. The number of nitrogens with two attached hydrogens (primary N) is 1. The minimum Gasteiger partial charge on any atom is -0.485 e. The molecule has 15 heteroatoms. The molecule has 40 heavy (non-hydrogen) atoms. The Kier molecular flexibility index (Phi) is 11.6.